The van der Waals surface area contributed by atoms with Gasteiger partial charge in [0.15, 0.2) is 0 Å². The van der Waals surface area contributed by atoms with Crippen LogP contribution in [0.4, 0.5) is 0 Å². The largest absolute Gasteiger partial charge is 0.465 e. The second kappa shape index (κ2) is 8.68. The monoisotopic (exact) mass is 366 g/mol. The molecule has 0 aromatic heterocycles. The Kier molecular flexibility index (Phi) is 6.85. The van der Waals surface area contributed by atoms with E-state index in [1.807, 2.05) is 12.1 Å². The average Bonchev–Trinajstić information content (AvgIpc) is 3.07. The molecule has 1 aromatic rings. The van der Waals surface area contributed by atoms with Gasteiger partial charge in [0.05, 0.1) is 18.1 Å². The average molecular weight is 367 g/mol. The lowest BCUT2D eigenvalue weighted by Gasteiger charge is -2.37. The third kappa shape index (κ3) is 4.15. The van der Waals surface area contributed by atoms with Crippen molar-refractivity contribution in [2.45, 2.75) is 32.1 Å². The fraction of sp³-hybridized carbons (Fsp3) is 0.579. The number of hydrogen-bond donors (Lipinski definition) is 2. The molecule has 1 amide bonds. The van der Waals surface area contributed by atoms with Crippen LogP contribution in [0.15, 0.2) is 24.3 Å². The number of fused-ring (bicyclic) bond motifs is 1. The smallest absolute Gasteiger partial charge is 0.337 e. The van der Waals surface area contributed by atoms with E-state index in [1.165, 1.54) is 13.5 Å². The third-order valence-electron chi connectivity index (χ3n) is 5.56. The molecule has 0 unspecified atom stereocenters. The van der Waals surface area contributed by atoms with Crippen molar-refractivity contribution in [3.63, 3.8) is 0 Å². The first-order valence-corrected chi connectivity index (χ1v) is 8.82. The molecule has 25 heavy (non-hydrogen) atoms. The fourth-order valence-corrected chi connectivity index (χ4v) is 4.11. The number of halogens is 1. The molecule has 2 aliphatic rings. The zero-order valence-corrected chi connectivity index (χ0v) is 15.5. The quantitative estimate of drug-likeness (QED) is 0.785. The Morgan fingerprint density at radius 2 is 2.04 bits per heavy atom. The van der Waals surface area contributed by atoms with Crippen molar-refractivity contribution < 1.29 is 14.3 Å². The zero-order chi connectivity index (χ0) is 17.0. The van der Waals surface area contributed by atoms with Crippen LogP contribution in [0.5, 0.6) is 0 Å². The molecule has 3 rings (SSSR count). The Hall–Kier alpha value is -1.59. The van der Waals surface area contributed by atoms with Crippen molar-refractivity contribution >= 4 is 24.3 Å². The first-order chi connectivity index (χ1) is 11.7. The van der Waals surface area contributed by atoms with Crippen LogP contribution in [0.1, 0.15) is 41.6 Å². The lowest BCUT2D eigenvalue weighted by molar-refractivity contribution is -0.133. The minimum atomic E-state index is -0.328. The molecule has 2 N–H and O–H groups in total. The van der Waals surface area contributed by atoms with Gasteiger partial charge in [-0.2, -0.15) is 0 Å². The molecule has 2 atom stereocenters. The molecule has 0 bridgehead atoms. The summed E-state index contributed by atoms with van der Waals surface area (Å²) in [6.07, 6.45) is 5.33. The van der Waals surface area contributed by atoms with Crippen molar-refractivity contribution in [1.29, 1.82) is 0 Å². The molecular formula is C19H27ClN2O3. The van der Waals surface area contributed by atoms with Gasteiger partial charge in [-0.05, 0) is 49.4 Å². The van der Waals surface area contributed by atoms with Gasteiger partial charge >= 0.3 is 5.97 Å². The SMILES string of the molecule is COC(=O)c1ccc(CCNC(=O)[C@@]23CCCC[C@H]2CNC3)cc1.Cl. The second-order valence-corrected chi connectivity index (χ2v) is 6.92. The van der Waals surface area contributed by atoms with Crippen LogP contribution in [0.2, 0.25) is 0 Å². The van der Waals surface area contributed by atoms with E-state index >= 15 is 0 Å². The van der Waals surface area contributed by atoms with Crippen molar-refractivity contribution in [3.8, 4) is 0 Å². The highest BCUT2D eigenvalue weighted by atomic mass is 35.5. The van der Waals surface area contributed by atoms with E-state index in [0.717, 1.165) is 44.3 Å². The Morgan fingerprint density at radius 1 is 1.28 bits per heavy atom. The van der Waals surface area contributed by atoms with E-state index in [4.69, 9.17) is 4.74 Å². The van der Waals surface area contributed by atoms with Crippen LogP contribution in [-0.4, -0.2) is 38.6 Å². The standard InChI is InChI=1S/C19H26N2O3.ClH/c1-24-17(22)15-7-5-14(6-8-15)9-11-21-18(23)19-10-3-2-4-16(19)12-20-13-19;/h5-8,16,20H,2-4,9-13H2,1H3,(H,21,23);1H/t16-,19+;/m0./s1. The summed E-state index contributed by atoms with van der Waals surface area (Å²) < 4.78 is 4.69. The molecule has 1 aliphatic heterocycles. The summed E-state index contributed by atoms with van der Waals surface area (Å²) in [5.41, 5.74) is 1.46. The minimum Gasteiger partial charge on any atom is -0.465 e. The number of methoxy groups -OCH3 is 1. The van der Waals surface area contributed by atoms with Crippen LogP contribution in [-0.2, 0) is 16.0 Å². The Morgan fingerprint density at radius 3 is 2.76 bits per heavy atom. The van der Waals surface area contributed by atoms with Crippen LogP contribution < -0.4 is 10.6 Å². The minimum absolute atomic E-state index is 0. The van der Waals surface area contributed by atoms with Gasteiger partial charge in [0.25, 0.3) is 0 Å². The number of nitrogens with one attached hydrogen (secondary N) is 2. The number of esters is 1. The zero-order valence-electron chi connectivity index (χ0n) is 14.7. The number of hydrogen-bond acceptors (Lipinski definition) is 4. The highest BCUT2D eigenvalue weighted by Crippen LogP contribution is 2.43. The lowest BCUT2D eigenvalue weighted by Crippen LogP contribution is -2.48. The molecule has 138 valence electrons. The summed E-state index contributed by atoms with van der Waals surface area (Å²) in [5, 5.41) is 6.55. The maximum absolute atomic E-state index is 12.8. The van der Waals surface area contributed by atoms with Crippen LogP contribution >= 0.6 is 12.4 Å². The Balaban J connectivity index is 0.00000225. The third-order valence-corrected chi connectivity index (χ3v) is 5.56. The van der Waals surface area contributed by atoms with Gasteiger partial charge in [0.2, 0.25) is 5.91 Å². The summed E-state index contributed by atoms with van der Waals surface area (Å²) in [4.78, 5) is 24.2. The number of carbonyl (C=O) groups is 2. The molecular weight excluding hydrogens is 340 g/mol. The van der Waals surface area contributed by atoms with Gasteiger partial charge in [0.1, 0.15) is 0 Å². The van der Waals surface area contributed by atoms with Gasteiger partial charge in [-0.25, -0.2) is 4.79 Å². The summed E-state index contributed by atoms with van der Waals surface area (Å²) in [5.74, 6) is 0.375. The maximum Gasteiger partial charge on any atom is 0.337 e. The van der Waals surface area contributed by atoms with Crippen molar-refractivity contribution in [2.75, 3.05) is 26.7 Å². The number of rotatable bonds is 5. The summed E-state index contributed by atoms with van der Waals surface area (Å²) >= 11 is 0. The molecule has 2 fully saturated rings. The first kappa shape index (κ1) is 19.7. The van der Waals surface area contributed by atoms with E-state index in [0.29, 0.717) is 18.0 Å². The molecule has 0 radical (unpaired) electrons. The van der Waals surface area contributed by atoms with Gasteiger partial charge in [0, 0.05) is 13.1 Å². The van der Waals surface area contributed by atoms with Crippen molar-refractivity contribution in [2.24, 2.45) is 11.3 Å². The highest BCUT2D eigenvalue weighted by Gasteiger charge is 2.49. The summed E-state index contributed by atoms with van der Waals surface area (Å²) in [6, 6.07) is 7.36. The summed E-state index contributed by atoms with van der Waals surface area (Å²) in [6.45, 7) is 2.42. The maximum atomic E-state index is 12.8. The molecule has 1 aromatic carbocycles. The van der Waals surface area contributed by atoms with Gasteiger partial charge < -0.3 is 15.4 Å². The van der Waals surface area contributed by atoms with Gasteiger partial charge in [-0.3, -0.25) is 4.79 Å². The van der Waals surface area contributed by atoms with Crippen molar-refractivity contribution in [1.82, 2.24) is 10.6 Å². The molecule has 1 saturated carbocycles. The molecule has 0 spiro atoms. The lowest BCUT2D eigenvalue weighted by atomic mass is 9.67. The fourth-order valence-electron chi connectivity index (χ4n) is 4.11. The number of ether oxygens (including phenoxy) is 1. The first-order valence-electron chi connectivity index (χ1n) is 8.82. The number of amides is 1. The highest BCUT2D eigenvalue weighted by molar-refractivity contribution is 5.89. The molecule has 1 saturated heterocycles. The number of carbonyl (C=O) groups excluding carboxylic acids is 2. The van der Waals surface area contributed by atoms with E-state index in [9.17, 15) is 9.59 Å². The second-order valence-electron chi connectivity index (χ2n) is 6.92. The molecule has 1 heterocycles. The molecule has 5 nitrogen and oxygen atoms in total. The van der Waals surface area contributed by atoms with E-state index in [2.05, 4.69) is 10.6 Å². The number of benzene rings is 1. The normalized spacial score (nSPS) is 24.8. The van der Waals surface area contributed by atoms with Crippen LogP contribution in [0, 0.1) is 11.3 Å². The molecule has 1 aliphatic carbocycles. The van der Waals surface area contributed by atoms with Crippen molar-refractivity contribution in [3.05, 3.63) is 35.4 Å². The molecule has 6 heteroatoms. The van der Waals surface area contributed by atoms with Gasteiger partial charge in [-0.15, -0.1) is 12.4 Å². The van der Waals surface area contributed by atoms with E-state index in [1.54, 1.807) is 12.1 Å². The predicted octanol–water partition coefficient (Wildman–Crippen LogP) is 2.33. The van der Waals surface area contributed by atoms with Crippen LogP contribution in [0.3, 0.4) is 0 Å². The Labute approximate surface area is 155 Å². The topological polar surface area (TPSA) is 67.4 Å². The van der Waals surface area contributed by atoms with Crippen LogP contribution in [0.25, 0.3) is 0 Å². The summed E-state index contributed by atoms with van der Waals surface area (Å²) in [7, 11) is 1.38. The Bertz CT molecular complexity index is 605. The van der Waals surface area contributed by atoms with E-state index in [-0.39, 0.29) is 29.7 Å². The van der Waals surface area contributed by atoms with Gasteiger partial charge in [-0.1, -0.05) is 25.0 Å². The van der Waals surface area contributed by atoms with E-state index < -0.39 is 0 Å². The predicted molar refractivity (Wildman–Crippen MR) is 99.0 cm³/mol.